The van der Waals surface area contributed by atoms with Gasteiger partial charge in [-0.05, 0) is 24.3 Å². The van der Waals surface area contributed by atoms with Gasteiger partial charge in [-0.15, -0.1) is 0 Å². The van der Waals surface area contributed by atoms with Crippen LogP contribution in [-0.2, 0) is 10.0 Å². The summed E-state index contributed by atoms with van der Waals surface area (Å²) >= 11 is 0. The van der Waals surface area contributed by atoms with E-state index in [-0.39, 0.29) is 4.90 Å². The zero-order valence-corrected chi connectivity index (χ0v) is 10.2. The van der Waals surface area contributed by atoms with E-state index in [9.17, 15) is 8.42 Å². The third kappa shape index (κ3) is 2.40. The molecule has 0 spiro atoms. The molecule has 0 unspecified atom stereocenters. The normalized spacial score (nSPS) is 11.4. The summed E-state index contributed by atoms with van der Waals surface area (Å²) in [4.78, 5) is 0.232. The third-order valence-electron chi connectivity index (χ3n) is 2.33. The summed E-state index contributed by atoms with van der Waals surface area (Å²) in [6.45, 7) is 4.48. The molecule has 0 aliphatic carbocycles. The van der Waals surface area contributed by atoms with E-state index in [2.05, 4.69) is 0 Å². The summed E-state index contributed by atoms with van der Waals surface area (Å²) in [5, 5.41) is 8.62. The monoisotopic (exact) mass is 238 g/mol. The van der Waals surface area contributed by atoms with Crippen molar-refractivity contribution >= 4 is 10.0 Å². The average molecular weight is 238 g/mol. The highest BCUT2D eigenvalue weighted by Crippen LogP contribution is 2.15. The standard InChI is InChI=1S/C11H14N2O2S/c1-3-13(4-2)16(14,15)11-7-5-10(9-12)6-8-11/h5-8H,3-4H2,1-2H3. The van der Waals surface area contributed by atoms with Crippen molar-refractivity contribution in [3.8, 4) is 6.07 Å². The van der Waals surface area contributed by atoms with Gasteiger partial charge in [0.2, 0.25) is 10.0 Å². The minimum absolute atomic E-state index is 0.232. The summed E-state index contributed by atoms with van der Waals surface area (Å²) in [5.41, 5.74) is 0.457. The minimum atomic E-state index is -3.40. The second-order valence-electron chi connectivity index (χ2n) is 3.23. The Kier molecular flexibility index (Phi) is 4.05. The lowest BCUT2D eigenvalue weighted by molar-refractivity contribution is 0.445. The summed E-state index contributed by atoms with van der Waals surface area (Å²) < 4.78 is 25.5. The van der Waals surface area contributed by atoms with Gasteiger partial charge in [0.15, 0.2) is 0 Å². The van der Waals surface area contributed by atoms with Gasteiger partial charge in [0.25, 0.3) is 0 Å². The van der Waals surface area contributed by atoms with Gasteiger partial charge in [-0.2, -0.15) is 9.57 Å². The van der Waals surface area contributed by atoms with Crippen LogP contribution in [0.2, 0.25) is 0 Å². The molecule has 1 rings (SSSR count). The van der Waals surface area contributed by atoms with Crippen LogP contribution in [0.1, 0.15) is 19.4 Å². The van der Waals surface area contributed by atoms with Crippen molar-refractivity contribution in [2.75, 3.05) is 13.1 Å². The molecule has 5 heteroatoms. The Morgan fingerprint density at radius 1 is 1.19 bits per heavy atom. The maximum atomic E-state index is 12.0. The fourth-order valence-electron chi connectivity index (χ4n) is 1.41. The van der Waals surface area contributed by atoms with E-state index >= 15 is 0 Å². The van der Waals surface area contributed by atoms with Gasteiger partial charge in [0, 0.05) is 13.1 Å². The van der Waals surface area contributed by atoms with Crippen LogP contribution in [0, 0.1) is 11.3 Å². The molecule has 16 heavy (non-hydrogen) atoms. The molecule has 0 heterocycles. The van der Waals surface area contributed by atoms with Gasteiger partial charge in [0.1, 0.15) is 0 Å². The van der Waals surface area contributed by atoms with E-state index in [0.29, 0.717) is 18.7 Å². The SMILES string of the molecule is CCN(CC)S(=O)(=O)c1ccc(C#N)cc1. The van der Waals surface area contributed by atoms with Crippen molar-refractivity contribution in [3.63, 3.8) is 0 Å². The van der Waals surface area contributed by atoms with Crippen molar-refractivity contribution < 1.29 is 8.42 Å². The maximum Gasteiger partial charge on any atom is 0.243 e. The predicted molar refractivity (Wildman–Crippen MR) is 61.3 cm³/mol. The molecule has 1 aromatic carbocycles. The van der Waals surface area contributed by atoms with E-state index in [1.165, 1.54) is 28.6 Å². The lowest BCUT2D eigenvalue weighted by Crippen LogP contribution is -2.30. The van der Waals surface area contributed by atoms with Crippen LogP contribution in [0.4, 0.5) is 0 Å². The van der Waals surface area contributed by atoms with Gasteiger partial charge >= 0.3 is 0 Å². The number of nitriles is 1. The minimum Gasteiger partial charge on any atom is -0.207 e. The maximum absolute atomic E-state index is 12.0. The molecule has 0 saturated heterocycles. The molecule has 0 aliphatic heterocycles. The van der Waals surface area contributed by atoms with Crippen molar-refractivity contribution in [2.24, 2.45) is 0 Å². The van der Waals surface area contributed by atoms with Gasteiger partial charge in [-0.25, -0.2) is 8.42 Å². The average Bonchev–Trinajstić information content (AvgIpc) is 2.30. The molecule has 0 bridgehead atoms. The quantitative estimate of drug-likeness (QED) is 0.800. The van der Waals surface area contributed by atoms with E-state index in [1.807, 2.05) is 6.07 Å². The largest absolute Gasteiger partial charge is 0.243 e. The number of hydrogen-bond acceptors (Lipinski definition) is 3. The zero-order valence-electron chi connectivity index (χ0n) is 9.34. The Balaban J connectivity index is 3.13. The van der Waals surface area contributed by atoms with Crippen LogP contribution in [-0.4, -0.2) is 25.8 Å². The first-order valence-corrected chi connectivity index (χ1v) is 6.50. The van der Waals surface area contributed by atoms with E-state index < -0.39 is 10.0 Å². The molecule has 0 aromatic heterocycles. The Morgan fingerprint density at radius 2 is 1.69 bits per heavy atom. The molecule has 86 valence electrons. The number of sulfonamides is 1. The molecule has 0 N–H and O–H groups in total. The summed E-state index contributed by atoms with van der Waals surface area (Å²) in [5.74, 6) is 0. The Hall–Kier alpha value is -1.38. The number of benzene rings is 1. The smallest absolute Gasteiger partial charge is 0.207 e. The fraction of sp³-hybridized carbons (Fsp3) is 0.364. The molecule has 1 aromatic rings. The van der Waals surface area contributed by atoms with Crippen LogP contribution >= 0.6 is 0 Å². The van der Waals surface area contributed by atoms with Crippen molar-refractivity contribution in [1.29, 1.82) is 5.26 Å². The van der Waals surface area contributed by atoms with Gasteiger partial charge in [-0.3, -0.25) is 0 Å². The fourth-order valence-corrected chi connectivity index (χ4v) is 2.87. The summed E-state index contributed by atoms with van der Waals surface area (Å²) in [7, 11) is -3.40. The first-order valence-electron chi connectivity index (χ1n) is 5.06. The highest BCUT2D eigenvalue weighted by atomic mass is 32.2. The first kappa shape index (κ1) is 12.7. The van der Waals surface area contributed by atoms with Crippen LogP contribution in [0.3, 0.4) is 0 Å². The van der Waals surface area contributed by atoms with Crippen molar-refractivity contribution in [2.45, 2.75) is 18.7 Å². The molecule has 4 nitrogen and oxygen atoms in total. The summed E-state index contributed by atoms with van der Waals surface area (Å²) in [6, 6.07) is 7.90. The van der Waals surface area contributed by atoms with Gasteiger partial charge in [-0.1, -0.05) is 13.8 Å². The van der Waals surface area contributed by atoms with Gasteiger partial charge in [0.05, 0.1) is 16.5 Å². The molecular weight excluding hydrogens is 224 g/mol. The van der Waals surface area contributed by atoms with Crippen LogP contribution in [0.25, 0.3) is 0 Å². The number of nitrogens with zero attached hydrogens (tertiary/aromatic N) is 2. The Bertz CT molecular complexity index is 482. The Labute approximate surface area is 96.2 Å². The molecular formula is C11H14N2O2S. The zero-order chi connectivity index (χ0) is 12.2. The van der Waals surface area contributed by atoms with Crippen LogP contribution in [0.5, 0.6) is 0 Å². The molecule has 0 fully saturated rings. The van der Waals surface area contributed by atoms with Crippen LogP contribution < -0.4 is 0 Å². The first-order chi connectivity index (χ1) is 7.56. The molecule has 0 amide bonds. The number of hydrogen-bond donors (Lipinski definition) is 0. The van der Waals surface area contributed by atoms with Gasteiger partial charge < -0.3 is 0 Å². The lowest BCUT2D eigenvalue weighted by Gasteiger charge is -2.18. The van der Waals surface area contributed by atoms with Crippen molar-refractivity contribution in [3.05, 3.63) is 29.8 Å². The second kappa shape index (κ2) is 5.10. The predicted octanol–water partition coefficient (Wildman–Crippen LogP) is 1.59. The summed E-state index contributed by atoms with van der Waals surface area (Å²) in [6.07, 6.45) is 0. The number of rotatable bonds is 4. The van der Waals surface area contributed by atoms with E-state index in [1.54, 1.807) is 13.8 Å². The third-order valence-corrected chi connectivity index (χ3v) is 4.39. The molecule has 0 aliphatic rings. The lowest BCUT2D eigenvalue weighted by atomic mass is 10.2. The highest BCUT2D eigenvalue weighted by molar-refractivity contribution is 7.89. The second-order valence-corrected chi connectivity index (χ2v) is 5.16. The molecule has 0 saturated carbocycles. The Morgan fingerprint density at radius 3 is 2.06 bits per heavy atom. The van der Waals surface area contributed by atoms with Crippen LogP contribution in [0.15, 0.2) is 29.2 Å². The van der Waals surface area contributed by atoms with E-state index in [4.69, 9.17) is 5.26 Å². The topological polar surface area (TPSA) is 61.2 Å². The molecule has 0 atom stereocenters. The molecule has 0 radical (unpaired) electrons. The highest BCUT2D eigenvalue weighted by Gasteiger charge is 2.20. The van der Waals surface area contributed by atoms with Crippen molar-refractivity contribution in [1.82, 2.24) is 4.31 Å². The van der Waals surface area contributed by atoms with E-state index in [0.717, 1.165) is 0 Å².